The highest BCUT2D eigenvalue weighted by molar-refractivity contribution is 7.10. The number of para-hydroxylation sites is 1. The smallest absolute Gasteiger partial charge is 0.323 e. The number of carbonyl (C=O) groups excluding carboxylic acids is 3. The van der Waals surface area contributed by atoms with Gasteiger partial charge < -0.3 is 25.2 Å². The first kappa shape index (κ1) is 21.3. The molecule has 4 rings (SSSR count). The molecule has 2 fully saturated rings. The fourth-order valence-electron chi connectivity index (χ4n) is 4.34. The van der Waals surface area contributed by atoms with Crippen molar-refractivity contribution in [2.24, 2.45) is 5.92 Å². The molecule has 2 saturated heterocycles. The molecule has 31 heavy (non-hydrogen) atoms. The summed E-state index contributed by atoms with van der Waals surface area (Å²) in [6.45, 7) is 2.58. The SMILES string of the molecule is COC(=O)C1CC(C(=O)N2CCNCC2)N(C(=O)Nc2ccccc2)C1c1cccs1. The van der Waals surface area contributed by atoms with Gasteiger partial charge in [0, 0.05) is 36.7 Å². The van der Waals surface area contributed by atoms with Gasteiger partial charge in [0.25, 0.3) is 0 Å². The van der Waals surface area contributed by atoms with Crippen molar-refractivity contribution in [1.29, 1.82) is 0 Å². The van der Waals surface area contributed by atoms with Crippen molar-refractivity contribution in [1.82, 2.24) is 15.1 Å². The molecule has 3 atom stereocenters. The number of hydrogen-bond acceptors (Lipinski definition) is 6. The second-order valence-corrected chi connectivity index (χ2v) is 8.60. The van der Waals surface area contributed by atoms with Gasteiger partial charge in [0.2, 0.25) is 5.91 Å². The number of carbonyl (C=O) groups is 3. The number of urea groups is 1. The van der Waals surface area contributed by atoms with Crippen LogP contribution in [0.2, 0.25) is 0 Å². The maximum absolute atomic E-state index is 13.5. The molecular weight excluding hydrogens is 416 g/mol. The first-order valence-electron chi connectivity index (χ1n) is 10.3. The summed E-state index contributed by atoms with van der Waals surface area (Å²) in [6.07, 6.45) is 0.236. The lowest BCUT2D eigenvalue weighted by Gasteiger charge is -2.35. The van der Waals surface area contributed by atoms with Crippen LogP contribution >= 0.6 is 11.3 Å². The van der Waals surface area contributed by atoms with Crippen LogP contribution in [0, 0.1) is 5.92 Å². The second-order valence-electron chi connectivity index (χ2n) is 7.62. The number of esters is 1. The number of piperazine rings is 1. The van der Waals surface area contributed by atoms with Gasteiger partial charge in [0.1, 0.15) is 6.04 Å². The van der Waals surface area contributed by atoms with Gasteiger partial charge in [-0.2, -0.15) is 0 Å². The first-order chi connectivity index (χ1) is 15.1. The van der Waals surface area contributed by atoms with E-state index in [4.69, 9.17) is 4.74 Å². The van der Waals surface area contributed by atoms with Gasteiger partial charge >= 0.3 is 12.0 Å². The number of methoxy groups -OCH3 is 1. The van der Waals surface area contributed by atoms with Crippen LogP contribution in [-0.2, 0) is 14.3 Å². The van der Waals surface area contributed by atoms with Crippen molar-refractivity contribution in [3.05, 3.63) is 52.7 Å². The van der Waals surface area contributed by atoms with Crippen LogP contribution in [0.25, 0.3) is 0 Å². The van der Waals surface area contributed by atoms with Crippen molar-refractivity contribution >= 4 is 34.9 Å². The fraction of sp³-hybridized carbons (Fsp3) is 0.409. The number of benzene rings is 1. The van der Waals surface area contributed by atoms with Crippen molar-refractivity contribution < 1.29 is 19.1 Å². The number of anilines is 1. The maximum Gasteiger partial charge on any atom is 0.323 e. The summed E-state index contributed by atoms with van der Waals surface area (Å²) in [7, 11) is 1.34. The van der Waals surface area contributed by atoms with E-state index in [0.29, 0.717) is 31.9 Å². The molecule has 3 amide bonds. The molecule has 1 aromatic carbocycles. The Hall–Kier alpha value is -2.91. The Kier molecular flexibility index (Phi) is 6.53. The number of hydrogen-bond donors (Lipinski definition) is 2. The minimum absolute atomic E-state index is 0.127. The van der Waals surface area contributed by atoms with Crippen LogP contribution in [-0.4, -0.2) is 67.0 Å². The average molecular weight is 443 g/mol. The normalized spacial score (nSPS) is 23.5. The summed E-state index contributed by atoms with van der Waals surface area (Å²) in [5.74, 6) is -1.15. The molecule has 2 aromatic rings. The number of amides is 3. The Morgan fingerprint density at radius 2 is 1.84 bits per heavy atom. The predicted octanol–water partition coefficient (Wildman–Crippen LogP) is 2.32. The molecule has 2 aliphatic heterocycles. The summed E-state index contributed by atoms with van der Waals surface area (Å²) in [5.41, 5.74) is 0.632. The van der Waals surface area contributed by atoms with E-state index in [1.165, 1.54) is 18.4 Å². The molecule has 0 saturated carbocycles. The molecule has 2 aliphatic rings. The van der Waals surface area contributed by atoms with Crippen molar-refractivity contribution in [3.63, 3.8) is 0 Å². The van der Waals surface area contributed by atoms with Crippen molar-refractivity contribution in [2.45, 2.75) is 18.5 Å². The first-order valence-corrected chi connectivity index (χ1v) is 11.2. The molecule has 0 bridgehead atoms. The zero-order chi connectivity index (χ0) is 21.8. The third-order valence-electron chi connectivity index (χ3n) is 5.81. The number of rotatable bonds is 4. The molecule has 0 aliphatic carbocycles. The van der Waals surface area contributed by atoms with E-state index in [-0.39, 0.29) is 12.3 Å². The van der Waals surface area contributed by atoms with E-state index in [2.05, 4.69) is 10.6 Å². The van der Waals surface area contributed by atoms with Gasteiger partial charge in [-0.05, 0) is 30.0 Å². The lowest BCUT2D eigenvalue weighted by molar-refractivity contribution is -0.146. The Balaban J connectivity index is 1.69. The van der Waals surface area contributed by atoms with Crippen LogP contribution < -0.4 is 10.6 Å². The molecule has 0 spiro atoms. The van der Waals surface area contributed by atoms with E-state index in [1.807, 2.05) is 35.7 Å². The number of thiophene rings is 1. The molecule has 164 valence electrons. The molecule has 9 heteroatoms. The molecule has 8 nitrogen and oxygen atoms in total. The van der Waals surface area contributed by atoms with E-state index in [1.54, 1.807) is 21.9 Å². The number of nitrogens with zero attached hydrogens (tertiary/aromatic N) is 2. The molecule has 3 unspecified atom stereocenters. The minimum atomic E-state index is -0.738. The van der Waals surface area contributed by atoms with E-state index in [0.717, 1.165) is 4.88 Å². The molecule has 2 N–H and O–H groups in total. The number of likely N-dealkylation sites (tertiary alicyclic amines) is 1. The third-order valence-corrected chi connectivity index (χ3v) is 6.75. The highest BCUT2D eigenvalue weighted by Gasteiger charge is 2.52. The summed E-state index contributed by atoms with van der Waals surface area (Å²) >= 11 is 1.46. The highest BCUT2D eigenvalue weighted by atomic mass is 32.1. The van der Waals surface area contributed by atoms with Gasteiger partial charge in [-0.3, -0.25) is 9.59 Å². The van der Waals surface area contributed by atoms with Crippen LogP contribution in [0.4, 0.5) is 10.5 Å². The van der Waals surface area contributed by atoms with Gasteiger partial charge in [-0.25, -0.2) is 4.79 Å². The van der Waals surface area contributed by atoms with Crippen LogP contribution in [0.5, 0.6) is 0 Å². The topological polar surface area (TPSA) is 91.0 Å². The molecule has 3 heterocycles. The Morgan fingerprint density at radius 1 is 1.10 bits per heavy atom. The van der Waals surface area contributed by atoms with Gasteiger partial charge in [-0.15, -0.1) is 11.3 Å². The van der Waals surface area contributed by atoms with Gasteiger partial charge in [0.15, 0.2) is 0 Å². The fourth-order valence-corrected chi connectivity index (χ4v) is 5.22. The van der Waals surface area contributed by atoms with E-state index < -0.39 is 30.0 Å². The Morgan fingerprint density at radius 3 is 2.48 bits per heavy atom. The Bertz CT molecular complexity index is 915. The summed E-state index contributed by atoms with van der Waals surface area (Å²) in [6, 6.07) is 11.2. The minimum Gasteiger partial charge on any atom is -0.469 e. The lowest BCUT2D eigenvalue weighted by atomic mass is 9.97. The molecular formula is C22H26N4O4S. The predicted molar refractivity (Wildman–Crippen MR) is 118 cm³/mol. The second kappa shape index (κ2) is 9.49. The maximum atomic E-state index is 13.5. The van der Waals surface area contributed by atoms with E-state index in [9.17, 15) is 14.4 Å². The van der Waals surface area contributed by atoms with Gasteiger partial charge in [-0.1, -0.05) is 24.3 Å². The number of ether oxygens (including phenoxy) is 1. The van der Waals surface area contributed by atoms with Crippen molar-refractivity contribution in [2.75, 3.05) is 38.6 Å². The third kappa shape index (κ3) is 4.42. The molecule has 0 radical (unpaired) electrons. The summed E-state index contributed by atoms with van der Waals surface area (Å²) in [5, 5.41) is 8.04. The number of nitrogens with one attached hydrogen (secondary N) is 2. The van der Waals surface area contributed by atoms with E-state index >= 15 is 0 Å². The van der Waals surface area contributed by atoms with Crippen LogP contribution in [0.3, 0.4) is 0 Å². The average Bonchev–Trinajstić information content (AvgIpc) is 3.47. The monoisotopic (exact) mass is 442 g/mol. The van der Waals surface area contributed by atoms with Gasteiger partial charge in [0.05, 0.1) is 19.1 Å². The largest absolute Gasteiger partial charge is 0.469 e. The highest BCUT2D eigenvalue weighted by Crippen LogP contribution is 2.44. The summed E-state index contributed by atoms with van der Waals surface area (Å²) < 4.78 is 5.05. The zero-order valence-electron chi connectivity index (χ0n) is 17.3. The lowest BCUT2D eigenvalue weighted by Crippen LogP contribution is -2.54. The van der Waals surface area contributed by atoms with Crippen LogP contribution in [0.15, 0.2) is 47.8 Å². The quantitative estimate of drug-likeness (QED) is 0.710. The molecule has 1 aromatic heterocycles. The van der Waals surface area contributed by atoms with Crippen LogP contribution in [0.1, 0.15) is 17.3 Å². The zero-order valence-corrected chi connectivity index (χ0v) is 18.1. The summed E-state index contributed by atoms with van der Waals surface area (Å²) in [4.78, 5) is 43.8. The standard InChI is InChI=1S/C22H26N4O4S/c1-30-21(28)16-14-17(20(27)25-11-9-23-10-12-25)26(19(16)18-8-5-13-31-18)22(29)24-15-6-3-2-4-7-15/h2-8,13,16-17,19,23H,9-12,14H2,1H3,(H,24,29). The van der Waals surface area contributed by atoms with Crippen molar-refractivity contribution in [3.8, 4) is 0 Å². The Labute approximate surface area is 185 Å².